The fourth-order valence-electron chi connectivity index (χ4n) is 4.35. The monoisotopic (exact) mass is 450 g/mol. The van der Waals surface area contributed by atoms with Gasteiger partial charge in [0.2, 0.25) is 5.91 Å². The summed E-state index contributed by atoms with van der Waals surface area (Å²) in [7, 11) is -1.82. The quantitative estimate of drug-likeness (QED) is 0.686. The smallest absolute Gasteiger partial charge is 0.282 e. The molecule has 0 aromatic heterocycles. The zero-order valence-electron chi connectivity index (χ0n) is 18.5. The van der Waals surface area contributed by atoms with Crippen molar-refractivity contribution in [2.75, 3.05) is 39.8 Å². The summed E-state index contributed by atoms with van der Waals surface area (Å²) in [4.78, 5) is 26.5. The van der Waals surface area contributed by atoms with Gasteiger partial charge >= 0.3 is 0 Å². The summed E-state index contributed by atoms with van der Waals surface area (Å²) in [6.07, 6.45) is 5.37. The van der Waals surface area contributed by atoms with E-state index in [-0.39, 0.29) is 30.8 Å². The molecule has 0 atom stereocenters. The molecule has 3 rings (SSSR count). The molecule has 1 heterocycles. The van der Waals surface area contributed by atoms with Crippen LogP contribution in [0.1, 0.15) is 54.4 Å². The van der Waals surface area contributed by atoms with Gasteiger partial charge in [0.25, 0.3) is 16.1 Å². The second-order valence-corrected chi connectivity index (χ2v) is 10.4. The summed E-state index contributed by atoms with van der Waals surface area (Å²) in [5.74, 6) is -0.254. The normalized spacial score (nSPS) is 18.9. The van der Waals surface area contributed by atoms with Crippen molar-refractivity contribution in [1.82, 2.24) is 18.8 Å². The predicted octanol–water partition coefficient (Wildman–Crippen LogP) is 1.77. The molecular weight excluding hydrogens is 416 g/mol. The number of piperazine rings is 1. The molecule has 1 N–H and O–H groups in total. The number of hydrogen-bond donors (Lipinski definition) is 1. The molecule has 1 aromatic carbocycles. The molecule has 2 aliphatic rings. The van der Waals surface area contributed by atoms with Gasteiger partial charge in [0.15, 0.2) is 0 Å². The topological polar surface area (TPSA) is 90.0 Å². The first kappa shape index (κ1) is 23.7. The Balaban J connectivity index is 1.44. The molecule has 0 unspecified atom stereocenters. The average molecular weight is 451 g/mol. The zero-order chi connectivity index (χ0) is 22.4. The van der Waals surface area contributed by atoms with E-state index >= 15 is 0 Å². The third-order valence-electron chi connectivity index (χ3n) is 6.38. The Labute approximate surface area is 185 Å². The maximum atomic E-state index is 13.0. The van der Waals surface area contributed by atoms with Crippen LogP contribution in [-0.2, 0) is 15.0 Å². The molecule has 1 aliphatic heterocycles. The number of nitrogens with one attached hydrogen (secondary N) is 1. The molecule has 1 aliphatic carbocycles. The molecule has 31 heavy (non-hydrogen) atoms. The number of amides is 2. The van der Waals surface area contributed by atoms with Crippen molar-refractivity contribution in [3.63, 3.8) is 0 Å². The molecule has 1 saturated carbocycles. The van der Waals surface area contributed by atoms with E-state index in [0.29, 0.717) is 31.7 Å². The van der Waals surface area contributed by atoms with E-state index in [2.05, 4.69) is 5.32 Å². The number of nitrogens with zero attached hydrogens (tertiary/aromatic N) is 3. The fourth-order valence-corrected chi connectivity index (χ4v) is 5.92. The summed E-state index contributed by atoms with van der Waals surface area (Å²) in [5.41, 5.74) is 1.50. The van der Waals surface area contributed by atoms with Crippen molar-refractivity contribution in [1.29, 1.82) is 0 Å². The molecule has 8 nitrogen and oxygen atoms in total. The highest BCUT2D eigenvalue weighted by Crippen LogP contribution is 2.25. The van der Waals surface area contributed by atoms with Gasteiger partial charge in [-0.15, -0.1) is 0 Å². The molecule has 172 valence electrons. The number of aryl methyl sites for hydroxylation is 1. The summed E-state index contributed by atoms with van der Waals surface area (Å²) in [6, 6.07) is 7.40. The van der Waals surface area contributed by atoms with Crippen LogP contribution in [0.4, 0.5) is 0 Å². The van der Waals surface area contributed by atoms with Gasteiger partial charge in [-0.1, -0.05) is 37.5 Å². The van der Waals surface area contributed by atoms with Crippen LogP contribution in [0.2, 0.25) is 0 Å². The van der Waals surface area contributed by atoms with Crippen LogP contribution in [0.3, 0.4) is 0 Å². The standard InChI is InChI=1S/C22H34N4O4S/c1-18-8-6-7-11-20(18)22(28)23-13-12-21(27)25-14-16-26(17-15-25)31(29,30)24(2)19-9-4-3-5-10-19/h6-8,11,19H,3-5,9-10,12-17H2,1-2H3,(H,23,28). The summed E-state index contributed by atoms with van der Waals surface area (Å²) in [6.45, 7) is 3.50. The SMILES string of the molecule is Cc1ccccc1C(=O)NCCC(=O)N1CCN(S(=O)(=O)N(C)C2CCCCC2)CC1. The highest BCUT2D eigenvalue weighted by molar-refractivity contribution is 7.86. The van der Waals surface area contributed by atoms with Crippen LogP contribution < -0.4 is 5.32 Å². The van der Waals surface area contributed by atoms with Crippen LogP contribution in [-0.4, -0.2) is 79.6 Å². The van der Waals surface area contributed by atoms with E-state index in [1.54, 1.807) is 18.0 Å². The van der Waals surface area contributed by atoms with Crippen molar-refractivity contribution in [2.45, 2.75) is 51.5 Å². The Kier molecular flexibility index (Phi) is 8.07. The van der Waals surface area contributed by atoms with Crippen LogP contribution in [0.5, 0.6) is 0 Å². The van der Waals surface area contributed by atoms with Gasteiger partial charge in [-0.25, -0.2) is 0 Å². The van der Waals surface area contributed by atoms with Crippen LogP contribution in [0, 0.1) is 6.92 Å². The van der Waals surface area contributed by atoms with E-state index in [9.17, 15) is 18.0 Å². The Morgan fingerprint density at radius 1 is 1.06 bits per heavy atom. The number of benzene rings is 1. The lowest BCUT2D eigenvalue weighted by Gasteiger charge is -2.38. The molecule has 0 radical (unpaired) electrons. The summed E-state index contributed by atoms with van der Waals surface area (Å²) >= 11 is 0. The lowest BCUT2D eigenvalue weighted by atomic mass is 9.96. The molecule has 0 spiro atoms. The van der Waals surface area contributed by atoms with Crippen molar-refractivity contribution in [3.05, 3.63) is 35.4 Å². The van der Waals surface area contributed by atoms with Crippen molar-refractivity contribution >= 4 is 22.0 Å². The highest BCUT2D eigenvalue weighted by Gasteiger charge is 2.35. The van der Waals surface area contributed by atoms with E-state index in [1.807, 2.05) is 25.1 Å². The van der Waals surface area contributed by atoms with Crippen LogP contribution in [0.25, 0.3) is 0 Å². The van der Waals surface area contributed by atoms with Gasteiger partial charge in [-0.3, -0.25) is 9.59 Å². The largest absolute Gasteiger partial charge is 0.352 e. The van der Waals surface area contributed by atoms with E-state index < -0.39 is 10.2 Å². The molecule has 0 bridgehead atoms. The van der Waals surface area contributed by atoms with E-state index in [1.165, 1.54) is 15.0 Å². The second-order valence-electron chi connectivity index (χ2n) is 8.42. The zero-order valence-corrected chi connectivity index (χ0v) is 19.4. The predicted molar refractivity (Wildman–Crippen MR) is 120 cm³/mol. The Hall–Kier alpha value is -1.97. The Morgan fingerprint density at radius 3 is 2.35 bits per heavy atom. The van der Waals surface area contributed by atoms with Gasteiger partial charge in [0.1, 0.15) is 0 Å². The van der Waals surface area contributed by atoms with Crippen LogP contribution >= 0.6 is 0 Å². The minimum atomic E-state index is -3.50. The van der Waals surface area contributed by atoms with Gasteiger partial charge in [-0.05, 0) is 31.4 Å². The number of carbonyl (C=O) groups is 2. The molecule has 1 aromatic rings. The molecule has 2 fully saturated rings. The lowest BCUT2D eigenvalue weighted by Crippen LogP contribution is -2.55. The first-order valence-electron chi connectivity index (χ1n) is 11.2. The van der Waals surface area contributed by atoms with Gasteiger partial charge < -0.3 is 10.2 Å². The number of carbonyl (C=O) groups excluding carboxylic acids is 2. The Bertz CT molecular complexity index is 875. The second kappa shape index (κ2) is 10.6. The maximum Gasteiger partial charge on any atom is 0.282 e. The molecule has 2 amide bonds. The number of hydrogen-bond acceptors (Lipinski definition) is 4. The molecule has 1 saturated heterocycles. The maximum absolute atomic E-state index is 13.0. The summed E-state index contributed by atoms with van der Waals surface area (Å²) in [5, 5.41) is 2.79. The highest BCUT2D eigenvalue weighted by atomic mass is 32.2. The molecule has 9 heteroatoms. The minimum Gasteiger partial charge on any atom is -0.352 e. The third-order valence-corrected chi connectivity index (χ3v) is 8.43. The lowest BCUT2D eigenvalue weighted by molar-refractivity contribution is -0.132. The average Bonchev–Trinajstić information content (AvgIpc) is 2.79. The van der Waals surface area contributed by atoms with Crippen molar-refractivity contribution < 1.29 is 18.0 Å². The Morgan fingerprint density at radius 2 is 1.71 bits per heavy atom. The van der Waals surface area contributed by atoms with Crippen LogP contribution in [0.15, 0.2) is 24.3 Å². The van der Waals surface area contributed by atoms with E-state index in [4.69, 9.17) is 0 Å². The fraction of sp³-hybridized carbons (Fsp3) is 0.636. The van der Waals surface area contributed by atoms with Gasteiger partial charge in [-0.2, -0.15) is 17.0 Å². The number of rotatable bonds is 7. The van der Waals surface area contributed by atoms with Crippen molar-refractivity contribution in [2.24, 2.45) is 0 Å². The molecular formula is C22H34N4O4S. The van der Waals surface area contributed by atoms with E-state index in [0.717, 1.165) is 31.2 Å². The van der Waals surface area contributed by atoms with Crippen molar-refractivity contribution in [3.8, 4) is 0 Å². The van der Waals surface area contributed by atoms with Gasteiger partial charge in [0.05, 0.1) is 0 Å². The summed E-state index contributed by atoms with van der Waals surface area (Å²) < 4.78 is 29.0. The van der Waals surface area contributed by atoms with Gasteiger partial charge in [0, 0.05) is 57.8 Å². The first-order valence-corrected chi connectivity index (χ1v) is 12.5. The first-order chi connectivity index (χ1) is 14.8. The minimum absolute atomic E-state index is 0.0669. The third kappa shape index (κ3) is 5.84.